The van der Waals surface area contributed by atoms with Gasteiger partial charge >= 0.3 is 0 Å². The minimum atomic E-state index is -0.391. The van der Waals surface area contributed by atoms with Crippen molar-refractivity contribution < 1.29 is 9.90 Å². The molecule has 1 aliphatic carbocycles. The van der Waals surface area contributed by atoms with E-state index < -0.39 is 6.10 Å². The second-order valence-corrected chi connectivity index (χ2v) is 7.76. The van der Waals surface area contributed by atoms with E-state index >= 15 is 0 Å². The Morgan fingerprint density at radius 1 is 1.04 bits per heavy atom. The number of benzene rings is 1. The predicted octanol–water partition coefficient (Wildman–Crippen LogP) is 2.15. The molecule has 0 aromatic heterocycles. The van der Waals surface area contributed by atoms with Crippen LogP contribution in [0.15, 0.2) is 18.2 Å². The molecular formula is C19H24N2O2. The van der Waals surface area contributed by atoms with Gasteiger partial charge in [-0.05, 0) is 61.9 Å². The highest BCUT2D eigenvalue weighted by molar-refractivity contribution is 5.98. The number of nitrogens with zero attached hydrogens (tertiary/aromatic N) is 2. The zero-order valence-corrected chi connectivity index (χ0v) is 13.4. The van der Waals surface area contributed by atoms with Crippen molar-refractivity contribution >= 4 is 5.91 Å². The lowest BCUT2D eigenvalue weighted by Crippen LogP contribution is -2.60. The summed E-state index contributed by atoms with van der Waals surface area (Å²) in [5.74, 6) is 1.30. The van der Waals surface area contributed by atoms with E-state index in [1.807, 2.05) is 18.2 Å². The standard InChI is InChI=1S/C19H24N2O2/c22-17-5-4-13-10-21(16-11-20-8-6-12(16)7-9-20)19(23)15-3-1-2-14(17)18(13)15/h1-3,12-13,16-17,22H,4-11H2/t13-,16?,17+/m1/s1. The SMILES string of the molecule is O=C1c2cccc3c2[C@H](CC[C@@H]3O)CN1C1CN2CCC1CC2. The molecule has 6 rings (SSSR count). The Morgan fingerprint density at radius 2 is 1.87 bits per heavy atom. The van der Waals surface area contributed by atoms with Crippen LogP contribution >= 0.6 is 0 Å². The summed E-state index contributed by atoms with van der Waals surface area (Å²) in [5.41, 5.74) is 3.00. The molecule has 4 aliphatic heterocycles. The van der Waals surface area contributed by atoms with Crippen LogP contribution in [0, 0.1) is 5.92 Å². The second kappa shape index (κ2) is 5.05. The molecule has 4 heterocycles. The van der Waals surface area contributed by atoms with Crippen molar-refractivity contribution in [1.29, 1.82) is 0 Å². The lowest BCUT2D eigenvalue weighted by atomic mass is 9.74. The monoisotopic (exact) mass is 312 g/mol. The minimum Gasteiger partial charge on any atom is -0.388 e. The van der Waals surface area contributed by atoms with Crippen molar-refractivity contribution in [2.24, 2.45) is 5.92 Å². The number of carbonyl (C=O) groups is 1. The van der Waals surface area contributed by atoms with Gasteiger partial charge in [0.25, 0.3) is 5.91 Å². The van der Waals surface area contributed by atoms with Gasteiger partial charge < -0.3 is 14.9 Å². The largest absolute Gasteiger partial charge is 0.388 e. The first kappa shape index (κ1) is 14.0. The smallest absolute Gasteiger partial charge is 0.254 e. The van der Waals surface area contributed by atoms with Crippen molar-refractivity contribution in [1.82, 2.24) is 9.80 Å². The van der Waals surface area contributed by atoms with Gasteiger partial charge in [-0.25, -0.2) is 0 Å². The van der Waals surface area contributed by atoms with E-state index in [1.54, 1.807) is 0 Å². The minimum absolute atomic E-state index is 0.200. The van der Waals surface area contributed by atoms with Crippen molar-refractivity contribution in [3.63, 3.8) is 0 Å². The van der Waals surface area contributed by atoms with Gasteiger partial charge in [0.05, 0.1) is 6.10 Å². The predicted molar refractivity (Wildman–Crippen MR) is 87.4 cm³/mol. The number of rotatable bonds is 1. The molecule has 3 fully saturated rings. The maximum Gasteiger partial charge on any atom is 0.254 e. The number of hydrogen-bond donors (Lipinski definition) is 1. The first-order valence-electron chi connectivity index (χ1n) is 9.06. The molecule has 1 aromatic rings. The Balaban J connectivity index is 1.53. The Kier molecular flexibility index (Phi) is 3.07. The van der Waals surface area contributed by atoms with Crippen LogP contribution in [-0.2, 0) is 0 Å². The molecule has 1 aromatic carbocycles. The first-order chi connectivity index (χ1) is 11.2. The maximum absolute atomic E-state index is 13.2. The summed E-state index contributed by atoms with van der Waals surface area (Å²) in [6.45, 7) is 4.32. The normalized spacial score (nSPS) is 38.6. The van der Waals surface area contributed by atoms with Gasteiger partial charge in [-0.2, -0.15) is 0 Å². The molecular weight excluding hydrogens is 288 g/mol. The molecule has 5 aliphatic rings. The highest BCUT2D eigenvalue weighted by Crippen LogP contribution is 2.44. The molecule has 3 saturated heterocycles. The van der Waals surface area contributed by atoms with E-state index in [0.717, 1.165) is 42.6 Å². The summed E-state index contributed by atoms with van der Waals surface area (Å²) in [4.78, 5) is 17.9. The quantitative estimate of drug-likeness (QED) is 0.864. The molecule has 0 saturated carbocycles. The number of hydrogen-bond acceptors (Lipinski definition) is 3. The molecule has 1 amide bonds. The summed E-state index contributed by atoms with van der Waals surface area (Å²) in [6.07, 6.45) is 3.91. The van der Waals surface area contributed by atoms with Gasteiger partial charge in [0.15, 0.2) is 0 Å². The average molecular weight is 312 g/mol. The van der Waals surface area contributed by atoms with Crippen molar-refractivity contribution in [3.8, 4) is 0 Å². The van der Waals surface area contributed by atoms with Crippen molar-refractivity contribution in [2.45, 2.75) is 43.7 Å². The fourth-order valence-electron chi connectivity index (χ4n) is 5.41. The number of aliphatic hydroxyl groups is 1. The zero-order chi connectivity index (χ0) is 15.6. The highest BCUT2D eigenvalue weighted by Gasteiger charge is 2.44. The molecule has 3 atom stereocenters. The second-order valence-electron chi connectivity index (χ2n) is 7.76. The van der Waals surface area contributed by atoms with E-state index in [2.05, 4.69) is 9.80 Å². The number of carbonyl (C=O) groups excluding carboxylic acids is 1. The van der Waals surface area contributed by atoms with Crippen LogP contribution in [0.1, 0.15) is 59.2 Å². The molecule has 23 heavy (non-hydrogen) atoms. The Bertz CT molecular complexity index is 651. The lowest BCUT2D eigenvalue weighted by Gasteiger charge is -2.51. The molecule has 0 radical (unpaired) electrons. The van der Waals surface area contributed by atoms with Crippen LogP contribution in [-0.4, -0.2) is 53.0 Å². The molecule has 1 unspecified atom stereocenters. The van der Waals surface area contributed by atoms with E-state index in [1.165, 1.54) is 25.9 Å². The Morgan fingerprint density at radius 3 is 2.61 bits per heavy atom. The van der Waals surface area contributed by atoms with Gasteiger partial charge in [-0.3, -0.25) is 4.79 Å². The fraction of sp³-hybridized carbons (Fsp3) is 0.632. The van der Waals surface area contributed by atoms with Crippen LogP contribution in [0.5, 0.6) is 0 Å². The zero-order valence-electron chi connectivity index (χ0n) is 13.4. The van der Waals surface area contributed by atoms with Crippen LogP contribution in [0.2, 0.25) is 0 Å². The first-order valence-corrected chi connectivity index (χ1v) is 9.06. The fourth-order valence-corrected chi connectivity index (χ4v) is 5.41. The van der Waals surface area contributed by atoms with Crippen LogP contribution in [0.3, 0.4) is 0 Å². The average Bonchev–Trinajstić information content (AvgIpc) is 2.61. The summed E-state index contributed by atoms with van der Waals surface area (Å²) < 4.78 is 0. The molecule has 0 spiro atoms. The number of fused-ring (bicyclic) bond motifs is 3. The van der Waals surface area contributed by atoms with Gasteiger partial charge in [-0.1, -0.05) is 12.1 Å². The van der Waals surface area contributed by atoms with Crippen LogP contribution < -0.4 is 0 Å². The summed E-state index contributed by atoms with van der Waals surface area (Å²) in [6, 6.07) is 6.32. The third-order valence-electron chi connectivity index (χ3n) is 6.63. The number of aliphatic hydroxyl groups excluding tert-OH is 1. The Hall–Kier alpha value is -1.39. The van der Waals surface area contributed by atoms with Gasteiger partial charge in [0.1, 0.15) is 0 Å². The molecule has 122 valence electrons. The van der Waals surface area contributed by atoms with Gasteiger partial charge in [0.2, 0.25) is 0 Å². The third kappa shape index (κ3) is 2.01. The van der Waals surface area contributed by atoms with Crippen molar-refractivity contribution in [2.75, 3.05) is 26.2 Å². The molecule has 1 N–H and O–H groups in total. The van der Waals surface area contributed by atoms with Gasteiger partial charge in [0, 0.05) is 30.6 Å². The number of piperidine rings is 3. The van der Waals surface area contributed by atoms with E-state index in [4.69, 9.17) is 0 Å². The molecule has 4 heteroatoms. The molecule has 2 bridgehead atoms. The lowest BCUT2D eigenvalue weighted by molar-refractivity contribution is 0.00143. The maximum atomic E-state index is 13.2. The van der Waals surface area contributed by atoms with E-state index in [0.29, 0.717) is 17.9 Å². The summed E-state index contributed by atoms with van der Waals surface area (Å²) in [7, 11) is 0. The Labute approximate surface area is 137 Å². The van der Waals surface area contributed by atoms with E-state index in [9.17, 15) is 9.90 Å². The highest BCUT2D eigenvalue weighted by atomic mass is 16.3. The molecule has 4 nitrogen and oxygen atoms in total. The summed E-state index contributed by atoms with van der Waals surface area (Å²) in [5, 5.41) is 10.3. The van der Waals surface area contributed by atoms with Gasteiger partial charge in [-0.15, -0.1) is 0 Å². The topological polar surface area (TPSA) is 43.8 Å². The van der Waals surface area contributed by atoms with E-state index in [-0.39, 0.29) is 5.91 Å². The van der Waals surface area contributed by atoms with Crippen LogP contribution in [0.25, 0.3) is 0 Å². The van der Waals surface area contributed by atoms with Crippen LogP contribution in [0.4, 0.5) is 0 Å². The third-order valence-corrected chi connectivity index (χ3v) is 6.63. The number of amides is 1. The summed E-state index contributed by atoms with van der Waals surface area (Å²) >= 11 is 0. The van der Waals surface area contributed by atoms with Crippen molar-refractivity contribution in [3.05, 3.63) is 34.9 Å².